The predicted molar refractivity (Wildman–Crippen MR) is 85.8 cm³/mol. The number of hydrogen-bond acceptors (Lipinski definition) is 4. The number of nitrogens with two attached hydrogens (primary N) is 1. The van der Waals surface area contributed by atoms with Crippen molar-refractivity contribution in [1.82, 2.24) is 9.97 Å². The van der Waals surface area contributed by atoms with Crippen molar-refractivity contribution in [1.29, 1.82) is 0 Å². The van der Waals surface area contributed by atoms with Crippen LogP contribution in [0.5, 0.6) is 11.6 Å². The Kier molecular flexibility index (Phi) is 4.78. The first-order valence-corrected chi connectivity index (χ1v) is 7.41. The minimum absolute atomic E-state index is 0.212. The molecule has 1 atom stereocenters. The maximum atomic E-state index is 5.80. The Hall–Kier alpha value is -2.10. The van der Waals surface area contributed by atoms with Gasteiger partial charge in [0.05, 0.1) is 0 Å². The second-order valence-corrected chi connectivity index (χ2v) is 5.62. The molecule has 0 spiro atoms. The minimum Gasteiger partial charge on any atom is -0.439 e. The molecule has 0 radical (unpaired) electrons. The summed E-state index contributed by atoms with van der Waals surface area (Å²) in [6.07, 6.45) is 1.13. The third-order valence-corrected chi connectivity index (χ3v) is 3.54. The van der Waals surface area contributed by atoms with Crippen molar-refractivity contribution in [2.24, 2.45) is 0 Å². The Labute approximate surface area is 126 Å². The number of aromatic nitrogens is 2. The van der Waals surface area contributed by atoms with Crippen LogP contribution in [-0.4, -0.2) is 9.97 Å². The van der Waals surface area contributed by atoms with Crippen LogP contribution in [0.1, 0.15) is 57.3 Å². The van der Waals surface area contributed by atoms with Crippen molar-refractivity contribution >= 4 is 5.82 Å². The average molecular weight is 285 g/mol. The smallest absolute Gasteiger partial charge is 0.224 e. The van der Waals surface area contributed by atoms with Crippen LogP contribution in [0.3, 0.4) is 0 Å². The molecule has 4 heteroatoms. The number of ether oxygens (including phenoxy) is 1. The first kappa shape index (κ1) is 15.3. The summed E-state index contributed by atoms with van der Waals surface area (Å²) < 4.78 is 5.79. The predicted octanol–water partition coefficient (Wildman–Crippen LogP) is 4.49. The van der Waals surface area contributed by atoms with Gasteiger partial charge in [0.1, 0.15) is 17.4 Å². The van der Waals surface area contributed by atoms with Gasteiger partial charge in [-0.25, -0.2) is 4.98 Å². The zero-order valence-electron chi connectivity index (χ0n) is 13.1. The molecule has 112 valence electrons. The van der Waals surface area contributed by atoms with E-state index in [2.05, 4.69) is 35.9 Å². The lowest BCUT2D eigenvalue weighted by Gasteiger charge is -2.11. The topological polar surface area (TPSA) is 61.0 Å². The molecular formula is C17H23N3O. The largest absolute Gasteiger partial charge is 0.439 e. The molecule has 0 saturated carbocycles. The fourth-order valence-corrected chi connectivity index (χ4v) is 1.99. The lowest BCUT2D eigenvalue weighted by atomic mass is 9.99. The minimum atomic E-state index is 0.212. The van der Waals surface area contributed by atoms with E-state index in [0.717, 1.165) is 12.2 Å². The molecule has 0 aliphatic heterocycles. The average Bonchev–Trinajstić information content (AvgIpc) is 2.46. The van der Waals surface area contributed by atoms with Crippen molar-refractivity contribution in [3.05, 3.63) is 41.7 Å². The van der Waals surface area contributed by atoms with Crippen LogP contribution < -0.4 is 10.5 Å². The highest BCUT2D eigenvalue weighted by Gasteiger charge is 2.09. The SMILES string of the molecule is CCC(C)c1ccc(Oc2cc(N)nc(C(C)C)n2)cc1. The van der Waals surface area contributed by atoms with E-state index in [4.69, 9.17) is 10.5 Å². The van der Waals surface area contributed by atoms with Gasteiger partial charge in [0.2, 0.25) is 5.88 Å². The quantitative estimate of drug-likeness (QED) is 0.879. The lowest BCUT2D eigenvalue weighted by molar-refractivity contribution is 0.457. The molecule has 0 saturated heterocycles. The van der Waals surface area contributed by atoms with Gasteiger partial charge in [0.15, 0.2) is 0 Å². The van der Waals surface area contributed by atoms with Gasteiger partial charge in [-0.3, -0.25) is 0 Å². The molecule has 0 aliphatic carbocycles. The van der Waals surface area contributed by atoms with E-state index in [0.29, 0.717) is 23.4 Å². The van der Waals surface area contributed by atoms with E-state index in [-0.39, 0.29) is 5.92 Å². The van der Waals surface area contributed by atoms with Crippen LogP contribution in [0, 0.1) is 0 Å². The number of anilines is 1. The first-order valence-electron chi connectivity index (χ1n) is 7.41. The summed E-state index contributed by atoms with van der Waals surface area (Å²) in [4.78, 5) is 8.60. The maximum absolute atomic E-state index is 5.80. The van der Waals surface area contributed by atoms with Crippen LogP contribution >= 0.6 is 0 Å². The first-order chi connectivity index (χ1) is 9.99. The van der Waals surface area contributed by atoms with Crippen molar-refractivity contribution in [3.8, 4) is 11.6 Å². The Morgan fingerprint density at radius 2 is 1.76 bits per heavy atom. The molecule has 1 unspecified atom stereocenters. The van der Waals surface area contributed by atoms with E-state index in [1.54, 1.807) is 6.07 Å². The Bertz CT molecular complexity index is 593. The molecule has 0 aliphatic rings. The number of rotatable bonds is 5. The number of nitrogens with zero attached hydrogens (tertiary/aromatic N) is 2. The van der Waals surface area contributed by atoms with Crippen LogP contribution in [0.15, 0.2) is 30.3 Å². The zero-order valence-corrected chi connectivity index (χ0v) is 13.1. The molecule has 0 bridgehead atoms. The highest BCUT2D eigenvalue weighted by Crippen LogP contribution is 2.25. The van der Waals surface area contributed by atoms with Gasteiger partial charge in [-0.1, -0.05) is 39.8 Å². The molecule has 1 aromatic carbocycles. The normalized spacial score (nSPS) is 12.4. The van der Waals surface area contributed by atoms with E-state index >= 15 is 0 Å². The van der Waals surface area contributed by atoms with Gasteiger partial charge in [-0.15, -0.1) is 0 Å². The van der Waals surface area contributed by atoms with Crippen LogP contribution in [-0.2, 0) is 0 Å². The molecular weight excluding hydrogens is 262 g/mol. The van der Waals surface area contributed by atoms with Gasteiger partial charge in [-0.2, -0.15) is 4.98 Å². The Balaban J connectivity index is 2.18. The maximum Gasteiger partial charge on any atom is 0.224 e. The molecule has 4 nitrogen and oxygen atoms in total. The third-order valence-electron chi connectivity index (χ3n) is 3.54. The van der Waals surface area contributed by atoms with Gasteiger partial charge >= 0.3 is 0 Å². The molecule has 0 amide bonds. The summed E-state index contributed by atoms with van der Waals surface area (Å²) in [5, 5.41) is 0. The number of benzene rings is 1. The van der Waals surface area contributed by atoms with Crippen molar-refractivity contribution in [3.63, 3.8) is 0 Å². The second-order valence-electron chi connectivity index (χ2n) is 5.62. The summed E-state index contributed by atoms with van der Waals surface area (Å²) in [6, 6.07) is 9.77. The van der Waals surface area contributed by atoms with Crippen LogP contribution in [0.2, 0.25) is 0 Å². The highest BCUT2D eigenvalue weighted by molar-refractivity contribution is 5.37. The summed E-state index contributed by atoms with van der Waals surface area (Å²) in [6.45, 7) is 8.46. The molecule has 1 aromatic heterocycles. The van der Waals surface area contributed by atoms with Gasteiger partial charge < -0.3 is 10.5 Å². The fourth-order valence-electron chi connectivity index (χ4n) is 1.99. The zero-order chi connectivity index (χ0) is 15.4. The van der Waals surface area contributed by atoms with Crippen molar-refractivity contribution in [2.45, 2.75) is 46.0 Å². The number of hydrogen-bond donors (Lipinski definition) is 1. The summed E-state index contributed by atoms with van der Waals surface area (Å²) in [5.74, 6) is 3.14. The van der Waals surface area contributed by atoms with Gasteiger partial charge in [0, 0.05) is 12.0 Å². The van der Waals surface area contributed by atoms with Gasteiger partial charge in [-0.05, 0) is 30.0 Å². The standard InChI is InChI=1S/C17H23N3O/c1-5-12(4)13-6-8-14(9-7-13)21-16-10-15(18)19-17(20-16)11(2)3/h6-12H,5H2,1-4H3,(H2,18,19,20). The highest BCUT2D eigenvalue weighted by atomic mass is 16.5. The van der Waals surface area contributed by atoms with E-state index < -0.39 is 0 Å². The third kappa shape index (κ3) is 3.94. The molecule has 2 rings (SSSR count). The molecule has 21 heavy (non-hydrogen) atoms. The molecule has 2 aromatic rings. The van der Waals surface area contributed by atoms with Crippen LogP contribution in [0.25, 0.3) is 0 Å². The lowest BCUT2D eigenvalue weighted by Crippen LogP contribution is -2.03. The summed E-state index contributed by atoms with van der Waals surface area (Å²) in [5.41, 5.74) is 7.12. The Morgan fingerprint density at radius 3 is 2.33 bits per heavy atom. The number of nitrogen functional groups attached to an aromatic ring is 1. The van der Waals surface area contributed by atoms with E-state index in [1.165, 1.54) is 5.56 Å². The van der Waals surface area contributed by atoms with Crippen LogP contribution in [0.4, 0.5) is 5.82 Å². The molecule has 2 N–H and O–H groups in total. The molecule has 1 heterocycles. The van der Waals surface area contributed by atoms with Crippen molar-refractivity contribution < 1.29 is 4.74 Å². The Morgan fingerprint density at radius 1 is 1.10 bits per heavy atom. The van der Waals surface area contributed by atoms with E-state index in [1.807, 2.05) is 26.0 Å². The monoisotopic (exact) mass is 285 g/mol. The fraction of sp³-hybridized carbons (Fsp3) is 0.412. The second kappa shape index (κ2) is 6.57. The van der Waals surface area contributed by atoms with Crippen molar-refractivity contribution in [2.75, 3.05) is 5.73 Å². The summed E-state index contributed by atoms with van der Waals surface area (Å²) >= 11 is 0. The van der Waals surface area contributed by atoms with Gasteiger partial charge in [0.25, 0.3) is 0 Å². The summed E-state index contributed by atoms with van der Waals surface area (Å²) in [7, 11) is 0. The van der Waals surface area contributed by atoms with E-state index in [9.17, 15) is 0 Å². The molecule has 0 fully saturated rings.